The van der Waals surface area contributed by atoms with E-state index in [9.17, 15) is 9.59 Å². The Balaban J connectivity index is 1.54. The molecule has 0 aliphatic rings. The molecule has 5 rings (SSSR count). The van der Waals surface area contributed by atoms with Crippen molar-refractivity contribution in [2.24, 2.45) is 7.05 Å². The number of aryl methyl sites for hydroxylation is 2. The number of methoxy groups -OCH3 is 2. The Morgan fingerprint density at radius 3 is 2.60 bits per heavy atom. The quantitative estimate of drug-likeness (QED) is 0.225. The van der Waals surface area contributed by atoms with Crippen LogP contribution in [0.25, 0.3) is 33.4 Å². The van der Waals surface area contributed by atoms with Crippen LogP contribution in [0, 0.1) is 6.92 Å². The number of benzene rings is 2. The SMILES string of the molecule is COCCC(C(=O)Cc1ccc2nn(C)cc2c1)n1cc(OC)c(-c2cc(Cl)ccc2-c2cc(C)no2)cc1=O. The first kappa shape index (κ1) is 27.4. The van der Waals surface area contributed by atoms with Crippen molar-refractivity contribution in [1.29, 1.82) is 0 Å². The van der Waals surface area contributed by atoms with Gasteiger partial charge in [0, 0.05) is 67.1 Å². The van der Waals surface area contributed by atoms with Gasteiger partial charge in [0.1, 0.15) is 5.75 Å². The second kappa shape index (κ2) is 11.5. The van der Waals surface area contributed by atoms with Crippen LogP contribution in [-0.2, 0) is 23.0 Å². The number of hydrogen-bond acceptors (Lipinski definition) is 7. The van der Waals surface area contributed by atoms with Crippen molar-refractivity contribution in [2.75, 3.05) is 20.8 Å². The van der Waals surface area contributed by atoms with Gasteiger partial charge >= 0.3 is 0 Å². The maximum absolute atomic E-state index is 13.6. The van der Waals surface area contributed by atoms with Crippen LogP contribution in [0.15, 0.2) is 70.2 Å². The molecule has 0 spiro atoms. The van der Waals surface area contributed by atoms with E-state index < -0.39 is 6.04 Å². The highest BCUT2D eigenvalue weighted by molar-refractivity contribution is 6.31. The van der Waals surface area contributed by atoms with Crippen LogP contribution >= 0.6 is 11.6 Å². The number of carbonyl (C=O) groups is 1. The Labute approximate surface area is 235 Å². The topological polar surface area (TPSA) is 101 Å². The first-order valence-electron chi connectivity index (χ1n) is 12.7. The average Bonchev–Trinajstić information content (AvgIpc) is 3.53. The Kier molecular flexibility index (Phi) is 7.86. The van der Waals surface area contributed by atoms with Gasteiger partial charge in [0.25, 0.3) is 5.56 Å². The molecule has 3 heterocycles. The van der Waals surface area contributed by atoms with Crippen LogP contribution < -0.4 is 10.3 Å². The molecule has 0 amide bonds. The third-order valence-electron chi connectivity index (χ3n) is 6.79. The number of hydrogen-bond donors (Lipinski definition) is 0. The van der Waals surface area contributed by atoms with E-state index in [1.807, 2.05) is 50.5 Å². The van der Waals surface area contributed by atoms with Gasteiger partial charge in [-0.15, -0.1) is 0 Å². The summed E-state index contributed by atoms with van der Waals surface area (Å²) in [5, 5.41) is 9.81. The van der Waals surface area contributed by atoms with Crippen LogP contribution in [0.1, 0.15) is 23.7 Å². The van der Waals surface area contributed by atoms with E-state index in [1.54, 1.807) is 30.1 Å². The molecule has 2 aromatic carbocycles. The molecule has 40 heavy (non-hydrogen) atoms. The van der Waals surface area contributed by atoms with Gasteiger partial charge in [-0.1, -0.05) is 22.8 Å². The zero-order valence-corrected chi connectivity index (χ0v) is 23.4. The number of nitrogens with zero attached hydrogens (tertiary/aromatic N) is 4. The highest BCUT2D eigenvalue weighted by atomic mass is 35.5. The van der Waals surface area contributed by atoms with Gasteiger partial charge in [0.2, 0.25) is 0 Å². The van der Waals surface area contributed by atoms with E-state index in [-0.39, 0.29) is 17.8 Å². The summed E-state index contributed by atoms with van der Waals surface area (Å²) in [6.45, 7) is 2.13. The molecule has 0 saturated heterocycles. The van der Waals surface area contributed by atoms with Crippen molar-refractivity contribution in [2.45, 2.75) is 25.8 Å². The van der Waals surface area contributed by atoms with Crippen molar-refractivity contribution in [1.82, 2.24) is 19.5 Å². The van der Waals surface area contributed by atoms with Crippen molar-refractivity contribution < 1.29 is 18.8 Å². The van der Waals surface area contributed by atoms with Crippen molar-refractivity contribution in [3.63, 3.8) is 0 Å². The van der Waals surface area contributed by atoms with Gasteiger partial charge in [0.05, 0.1) is 30.6 Å². The third kappa shape index (κ3) is 5.57. The molecule has 3 aromatic heterocycles. The van der Waals surface area contributed by atoms with Crippen LogP contribution in [0.5, 0.6) is 5.75 Å². The van der Waals surface area contributed by atoms with Crippen LogP contribution in [0.2, 0.25) is 5.02 Å². The van der Waals surface area contributed by atoms with Crippen molar-refractivity contribution in [3.05, 3.63) is 87.6 Å². The first-order valence-corrected chi connectivity index (χ1v) is 13.1. The summed E-state index contributed by atoms with van der Waals surface area (Å²) in [5.74, 6) is 0.832. The van der Waals surface area contributed by atoms with Crippen molar-refractivity contribution >= 4 is 28.3 Å². The minimum absolute atomic E-state index is 0.113. The average molecular weight is 561 g/mol. The molecule has 1 unspecified atom stereocenters. The monoisotopic (exact) mass is 560 g/mol. The lowest BCUT2D eigenvalue weighted by Crippen LogP contribution is -2.31. The molecule has 0 aliphatic carbocycles. The molecule has 9 nitrogen and oxygen atoms in total. The molecular formula is C30H29ClN4O5. The molecule has 206 valence electrons. The van der Waals surface area contributed by atoms with E-state index in [0.29, 0.717) is 46.3 Å². The predicted molar refractivity (Wildman–Crippen MR) is 153 cm³/mol. The molecule has 0 N–H and O–H groups in total. The number of carbonyl (C=O) groups excluding carboxylic acids is 1. The lowest BCUT2D eigenvalue weighted by atomic mass is 9.97. The highest BCUT2D eigenvalue weighted by Crippen LogP contribution is 2.38. The molecule has 5 aromatic rings. The predicted octanol–water partition coefficient (Wildman–Crippen LogP) is 5.42. The molecule has 0 saturated carbocycles. The molecular weight excluding hydrogens is 532 g/mol. The standard InChI is InChI=1S/C30H29ClN4O5/c1-18-11-28(40-33-18)22-7-6-21(31)14-23(22)24-15-30(37)35(17-29(24)39-4)26(9-10-38-3)27(36)13-19-5-8-25-20(12-19)16-34(2)32-25/h5-8,11-12,14-17,26H,9-10,13H2,1-4H3. The number of pyridine rings is 1. The molecule has 10 heteroatoms. The Morgan fingerprint density at radius 1 is 1.05 bits per heavy atom. The number of rotatable bonds is 10. The number of aromatic nitrogens is 4. The van der Waals surface area contributed by atoms with Gasteiger partial charge < -0.3 is 18.6 Å². The zero-order valence-electron chi connectivity index (χ0n) is 22.7. The summed E-state index contributed by atoms with van der Waals surface area (Å²) in [7, 11) is 4.94. The number of fused-ring (bicyclic) bond motifs is 1. The summed E-state index contributed by atoms with van der Waals surface area (Å²) in [5.41, 5.74) is 3.94. The van der Waals surface area contributed by atoms with Crippen LogP contribution in [-0.4, -0.2) is 46.1 Å². The zero-order chi connectivity index (χ0) is 28.4. The molecule has 0 fully saturated rings. The third-order valence-corrected chi connectivity index (χ3v) is 7.03. The minimum Gasteiger partial charge on any atom is -0.495 e. The van der Waals surface area contributed by atoms with Crippen LogP contribution in [0.4, 0.5) is 0 Å². The second-order valence-electron chi connectivity index (χ2n) is 9.66. The Hall–Kier alpha value is -4.21. The van der Waals surface area contributed by atoms with E-state index in [4.69, 9.17) is 25.6 Å². The van der Waals surface area contributed by atoms with Crippen molar-refractivity contribution in [3.8, 4) is 28.2 Å². The summed E-state index contributed by atoms with van der Waals surface area (Å²) in [6, 6.07) is 13.6. The fourth-order valence-electron chi connectivity index (χ4n) is 4.90. The van der Waals surface area contributed by atoms with Gasteiger partial charge in [-0.25, -0.2) is 0 Å². The highest BCUT2D eigenvalue weighted by Gasteiger charge is 2.25. The summed E-state index contributed by atoms with van der Waals surface area (Å²) >= 11 is 6.36. The van der Waals surface area contributed by atoms with E-state index in [2.05, 4.69) is 10.3 Å². The number of ketones is 1. The first-order chi connectivity index (χ1) is 19.3. The lowest BCUT2D eigenvalue weighted by Gasteiger charge is -2.21. The summed E-state index contributed by atoms with van der Waals surface area (Å²) in [6.07, 6.45) is 3.96. The van der Waals surface area contributed by atoms with Crippen LogP contribution in [0.3, 0.4) is 0 Å². The Morgan fingerprint density at radius 2 is 1.88 bits per heavy atom. The largest absolute Gasteiger partial charge is 0.495 e. The maximum Gasteiger partial charge on any atom is 0.252 e. The molecule has 0 bridgehead atoms. The van der Waals surface area contributed by atoms with E-state index >= 15 is 0 Å². The van der Waals surface area contributed by atoms with Gasteiger partial charge in [-0.3, -0.25) is 14.3 Å². The molecule has 1 atom stereocenters. The normalized spacial score (nSPS) is 12.1. The van der Waals surface area contributed by atoms with E-state index in [1.165, 1.54) is 17.7 Å². The van der Waals surface area contributed by atoms with Gasteiger partial charge in [0.15, 0.2) is 11.5 Å². The number of Topliss-reactive ketones (excluding diaryl/α,β-unsaturated/α-hetero) is 1. The minimum atomic E-state index is -0.754. The molecule has 0 aliphatic heterocycles. The van der Waals surface area contributed by atoms with Gasteiger partial charge in [-0.2, -0.15) is 5.10 Å². The lowest BCUT2D eigenvalue weighted by molar-refractivity contribution is -0.122. The van der Waals surface area contributed by atoms with E-state index in [0.717, 1.165) is 22.2 Å². The number of ether oxygens (including phenoxy) is 2. The Bertz CT molecular complexity index is 1750. The smallest absolute Gasteiger partial charge is 0.252 e. The van der Waals surface area contributed by atoms with Gasteiger partial charge in [-0.05, 0) is 54.8 Å². The second-order valence-corrected chi connectivity index (χ2v) is 10.1. The maximum atomic E-state index is 13.6. The summed E-state index contributed by atoms with van der Waals surface area (Å²) in [4.78, 5) is 27.2. The summed E-state index contributed by atoms with van der Waals surface area (Å²) < 4.78 is 19.7. The number of halogens is 1. The fraction of sp³-hybridized carbons (Fsp3) is 0.267. The fourth-order valence-corrected chi connectivity index (χ4v) is 5.07. The molecule has 0 radical (unpaired) electrons.